The molecule has 0 saturated carbocycles. The normalized spacial score (nSPS) is 21.3. The Morgan fingerprint density at radius 2 is 2.29 bits per heavy atom. The Bertz CT molecular complexity index is 664. The molecule has 0 aliphatic carbocycles. The van der Waals surface area contributed by atoms with Crippen molar-refractivity contribution in [1.82, 2.24) is 30.2 Å². The number of hydrogen-bond donors (Lipinski definition) is 1. The zero-order chi connectivity index (χ0) is 17.1. The van der Waals surface area contributed by atoms with E-state index in [2.05, 4.69) is 25.5 Å². The molecule has 0 unspecified atom stereocenters. The summed E-state index contributed by atoms with van der Waals surface area (Å²) in [5, 5.41) is 11.0. The maximum Gasteiger partial charge on any atom is 0.246 e. The van der Waals surface area contributed by atoms with E-state index >= 15 is 0 Å². The minimum absolute atomic E-state index is 0.00506. The van der Waals surface area contributed by atoms with Crippen molar-refractivity contribution in [3.63, 3.8) is 0 Å². The number of aromatic nitrogens is 4. The van der Waals surface area contributed by atoms with Crippen molar-refractivity contribution in [3.8, 4) is 0 Å². The summed E-state index contributed by atoms with van der Waals surface area (Å²) in [6, 6.07) is -0.0723. The smallest absolute Gasteiger partial charge is 0.246 e. The Kier molecular flexibility index (Phi) is 4.91. The zero-order valence-electron chi connectivity index (χ0n) is 14.1. The van der Waals surface area contributed by atoms with Crippen molar-refractivity contribution in [1.29, 1.82) is 0 Å². The van der Waals surface area contributed by atoms with E-state index in [1.165, 1.54) is 7.11 Å². The molecule has 130 valence electrons. The quantitative estimate of drug-likeness (QED) is 0.798. The summed E-state index contributed by atoms with van der Waals surface area (Å²) < 4.78 is 12.3. The van der Waals surface area contributed by atoms with Crippen LogP contribution in [0.3, 0.4) is 0 Å². The highest BCUT2D eigenvalue weighted by Crippen LogP contribution is 2.23. The Morgan fingerprint density at radius 3 is 2.92 bits per heavy atom. The minimum atomic E-state index is -0.141. The molecule has 0 spiro atoms. The van der Waals surface area contributed by atoms with Crippen LogP contribution < -0.4 is 5.32 Å². The van der Waals surface area contributed by atoms with E-state index in [0.29, 0.717) is 19.0 Å². The number of ether oxygens (including phenoxy) is 1. The fourth-order valence-electron chi connectivity index (χ4n) is 2.98. The van der Waals surface area contributed by atoms with Gasteiger partial charge in [-0.3, -0.25) is 9.69 Å². The lowest BCUT2D eigenvalue weighted by atomic mass is 10.2. The monoisotopic (exact) mass is 334 g/mol. The largest absolute Gasteiger partial charge is 0.444 e. The van der Waals surface area contributed by atoms with Crippen LogP contribution in [0, 0.1) is 13.8 Å². The number of carbonyl (C=O) groups is 1. The molecule has 9 heteroatoms. The molecule has 2 atom stereocenters. The average Bonchev–Trinajstić information content (AvgIpc) is 3.22. The molecule has 0 bridgehead atoms. The molecule has 1 amide bonds. The zero-order valence-corrected chi connectivity index (χ0v) is 14.1. The van der Waals surface area contributed by atoms with E-state index in [-0.39, 0.29) is 24.6 Å². The van der Waals surface area contributed by atoms with Gasteiger partial charge >= 0.3 is 0 Å². The lowest BCUT2D eigenvalue weighted by molar-refractivity contribution is -0.125. The summed E-state index contributed by atoms with van der Waals surface area (Å²) >= 11 is 0. The van der Waals surface area contributed by atoms with Crippen LogP contribution in [-0.2, 0) is 16.1 Å². The molecule has 2 aromatic heterocycles. The van der Waals surface area contributed by atoms with Crippen LogP contribution in [-0.4, -0.2) is 63.6 Å². The SMILES string of the molecule is COCC(=O)N[C@@H]1CN(Cc2nc(C)c(C)o2)C[C@@H]1n1ccnn1. The van der Waals surface area contributed by atoms with Gasteiger partial charge in [0, 0.05) is 26.4 Å². The van der Waals surface area contributed by atoms with Crippen LogP contribution in [0.15, 0.2) is 16.8 Å². The molecule has 24 heavy (non-hydrogen) atoms. The van der Waals surface area contributed by atoms with Crippen molar-refractivity contribution < 1.29 is 13.9 Å². The predicted octanol–water partition coefficient (Wildman–Crippen LogP) is 0.0710. The van der Waals surface area contributed by atoms with E-state index in [1.807, 2.05) is 20.0 Å². The van der Waals surface area contributed by atoms with Crippen LogP contribution in [0.25, 0.3) is 0 Å². The topological polar surface area (TPSA) is 98.3 Å². The van der Waals surface area contributed by atoms with Gasteiger partial charge in [0.1, 0.15) is 12.4 Å². The van der Waals surface area contributed by atoms with Crippen molar-refractivity contribution in [2.45, 2.75) is 32.5 Å². The van der Waals surface area contributed by atoms with Crippen LogP contribution in [0.1, 0.15) is 23.4 Å². The van der Waals surface area contributed by atoms with E-state index in [9.17, 15) is 4.79 Å². The van der Waals surface area contributed by atoms with Gasteiger partial charge in [-0.25, -0.2) is 9.67 Å². The molecule has 1 aliphatic rings. The number of aryl methyl sites for hydroxylation is 2. The molecular formula is C15H22N6O3. The van der Waals surface area contributed by atoms with Gasteiger partial charge in [-0.2, -0.15) is 0 Å². The number of likely N-dealkylation sites (tertiary alicyclic amines) is 1. The maximum atomic E-state index is 11.9. The molecular weight excluding hydrogens is 312 g/mol. The molecule has 1 N–H and O–H groups in total. The van der Waals surface area contributed by atoms with Crippen LogP contribution in [0.5, 0.6) is 0 Å². The van der Waals surface area contributed by atoms with Gasteiger partial charge in [-0.05, 0) is 13.8 Å². The summed E-state index contributed by atoms with van der Waals surface area (Å²) in [5.41, 5.74) is 0.905. The summed E-state index contributed by atoms with van der Waals surface area (Å²) in [4.78, 5) is 18.5. The van der Waals surface area contributed by atoms with Gasteiger partial charge in [0.05, 0.1) is 30.5 Å². The third-order valence-electron chi connectivity index (χ3n) is 4.20. The highest BCUT2D eigenvalue weighted by Gasteiger charge is 2.36. The predicted molar refractivity (Wildman–Crippen MR) is 84.1 cm³/mol. The lowest BCUT2D eigenvalue weighted by Crippen LogP contribution is -2.43. The third kappa shape index (κ3) is 3.62. The number of carbonyl (C=O) groups excluding carboxylic acids is 1. The molecule has 9 nitrogen and oxygen atoms in total. The highest BCUT2D eigenvalue weighted by atomic mass is 16.5. The average molecular weight is 334 g/mol. The number of hydrogen-bond acceptors (Lipinski definition) is 7. The number of nitrogens with one attached hydrogen (secondary N) is 1. The molecule has 3 rings (SSSR count). The second-order valence-electron chi connectivity index (χ2n) is 6.00. The molecule has 1 aliphatic heterocycles. The Balaban J connectivity index is 1.70. The van der Waals surface area contributed by atoms with Crippen molar-refractivity contribution in [3.05, 3.63) is 29.7 Å². The van der Waals surface area contributed by atoms with Gasteiger partial charge in [0.25, 0.3) is 0 Å². The molecule has 0 radical (unpaired) electrons. The van der Waals surface area contributed by atoms with Gasteiger partial charge in [-0.15, -0.1) is 5.10 Å². The summed E-state index contributed by atoms with van der Waals surface area (Å²) in [7, 11) is 1.50. The van der Waals surface area contributed by atoms with Crippen molar-refractivity contribution in [2.24, 2.45) is 0 Å². The number of nitrogens with zero attached hydrogens (tertiary/aromatic N) is 5. The Labute approximate surface area is 140 Å². The number of oxazole rings is 1. The van der Waals surface area contributed by atoms with Crippen molar-refractivity contribution in [2.75, 3.05) is 26.8 Å². The molecule has 3 heterocycles. The third-order valence-corrected chi connectivity index (χ3v) is 4.20. The minimum Gasteiger partial charge on any atom is -0.444 e. The second kappa shape index (κ2) is 7.10. The molecule has 1 saturated heterocycles. The second-order valence-corrected chi connectivity index (χ2v) is 6.00. The molecule has 2 aromatic rings. The fourth-order valence-corrected chi connectivity index (χ4v) is 2.98. The van der Waals surface area contributed by atoms with Gasteiger partial charge in [0.15, 0.2) is 0 Å². The molecule has 0 aromatic carbocycles. The maximum absolute atomic E-state index is 11.9. The summed E-state index contributed by atoms with van der Waals surface area (Å²) in [6.07, 6.45) is 3.45. The van der Waals surface area contributed by atoms with Gasteiger partial charge < -0.3 is 14.5 Å². The first-order valence-electron chi connectivity index (χ1n) is 7.86. The first kappa shape index (κ1) is 16.6. The molecule has 1 fully saturated rings. The standard InChI is InChI=1S/C15H22N6O3/c1-10-11(2)24-15(17-10)8-20-6-12(18-14(22)9-23-3)13(7-20)21-5-4-16-19-21/h4-5,12-13H,6-9H2,1-3H3,(H,18,22)/t12-,13+/m1/s1. The van der Waals surface area contributed by atoms with E-state index in [1.54, 1.807) is 10.9 Å². The van der Waals surface area contributed by atoms with Crippen molar-refractivity contribution >= 4 is 5.91 Å². The van der Waals surface area contributed by atoms with Gasteiger partial charge in [0.2, 0.25) is 11.8 Å². The van der Waals surface area contributed by atoms with Crippen LogP contribution in [0.2, 0.25) is 0 Å². The Hall–Kier alpha value is -2.26. The van der Waals surface area contributed by atoms with E-state index in [0.717, 1.165) is 18.0 Å². The highest BCUT2D eigenvalue weighted by molar-refractivity contribution is 5.77. The summed E-state index contributed by atoms with van der Waals surface area (Å²) in [5.74, 6) is 1.38. The van der Waals surface area contributed by atoms with Gasteiger partial charge in [-0.1, -0.05) is 5.21 Å². The fraction of sp³-hybridized carbons (Fsp3) is 0.600. The van der Waals surface area contributed by atoms with E-state index in [4.69, 9.17) is 9.15 Å². The first-order valence-corrected chi connectivity index (χ1v) is 7.86. The summed E-state index contributed by atoms with van der Waals surface area (Å²) in [6.45, 7) is 5.87. The van der Waals surface area contributed by atoms with Crippen LogP contribution >= 0.6 is 0 Å². The first-order chi connectivity index (χ1) is 11.6. The lowest BCUT2D eigenvalue weighted by Gasteiger charge is -2.19. The Morgan fingerprint density at radius 1 is 1.46 bits per heavy atom. The number of amides is 1. The van der Waals surface area contributed by atoms with E-state index < -0.39 is 0 Å². The number of methoxy groups -OCH3 is 1. The number of rotatable bonds is 6. The van der Waals surface area contributed by atoms with Crippen LogP contribution in [0.4, 0.5) is 0 Å².